The number of para-hydroxylation sites is 1. The fraction of sp³-hybridized carbons (Fsp3) is 0.462. The Morgan fingerprint density at radius 2 is 1.44 bits per heavy atom. The molecule has 32 heavy (non-hydrogen) atoms. The highest BCUT2D eigenvalue weighted by Gasteiger charge is 2.29. The summed E-state index contributed by atoms with van der Waals surface area (Å²) in [6.07, 6.45) is 7.27. The van der Waals surface area contributed by atoms with Crippen molar-refractivity contribution in [2.45, 2.75) is 51.0 Å². The van der Waals surface area contributed by atoms with Crippen LogP contribution in [0.4, 0.5) is 0 Å². The highest BCUT2D eigenvalue weighted by atomic mass is 16.5. The second kappa shape index (κ2) is 11.0. The van der Waals surface area contributed by atoms with Gasteiger partial charge in [-0.3, -0.25) is 9.59 Å². The van der Waals surface area contributed by atoms with Crippen molar-refractivity contribution in [2.24, 2.45) is 5.92 Å². The molecular formula is C26H32N2O4. The normalized spacial score (nSPS) is 17.6. The molecule has 2 aromatic carbocycles. The molecule has 2 aliphatic rings. The van der Waals surface area contributed by atoms with E-state index in [0.717, 1.165) is 44.5 Å². The summed E-state index contributed by atoms with van der Waals surface area (Å²) in [6, 6.07) is 16.9. The van der Waals surface area contributed by atoms with Gasteiger partial charge in [-0.25, -0.2) is 0 Å². The maximum Gasteiger partial charge on any atom is 0.258 e. The molecule has 1 N–H and O–H groups in total. The molecule has 2 amide bonds. The average molecular weight is 437 g/mol. The summed E-state index contributed by atoms with van der Waals surface area (Å²) in [7, 11) is 0. The number of hydrogen-bond donors (Lipinski definition) is 1. The van der Waals surface area contributed by atoms with Crippen molar-refractivity contribution in [3.8, 4) is 17.2 Å². The molecule has 0 bridgehead atoms. The first-order chi connectivity index (χ1) is 15.7. The second-order valence-corrected chi connectivity index (χ2v) is 8.68. The molecule has 1 saturated heterocycles. The van der Waals surface area contributed by atoms with E-state index in [4.69, 9.17) is 9.47 Å². The molecule has 1 saturated carbocycles. The minimum absolute atomic E-state index is 0.0277. The zero-order valence-electron chi connectivity index (χ0n) is 18.5. The Kier molecular flexibility index (Phi) is 7.64. The van der Waals surface area contributed by atoms with E-state index in [0.29, 0.717) is 17.4 Å². The van der Waals surface area contributed by atoms with Crippen molar-refractivity contribution in [3.63, 3.8) is 0 Å². The van der Waals surface area contributed by atoms with E-state index in [1.807, 2.05) is 47.4 Å². The van der Waals surface area contributed by atoms with E-state index < -0.39 is 0 Å². The van der Waals surface area contributed by atoms with Crippen LogP contribution < -0.4 is 14.8 Å². The van der Waals surface area contributed by atoms with Gasteiger partial charge in [0, 0.05) is 25.0 Å². The molecule has 2 fully saturated rings. The summed E-state index contributed by atoms with van der Waals surface area (Å²) in [6.45, 7) is 1.42. The van der Waals surface area contributed by atoms with Gasteiger partial charge in [-0.15, -0.1) is 0 Å². The van der Waals surface area contributed by atoms with Crippen molar-refractivity contribution < 1.29 is 19.1 Å². The Hall–Kier alpha value is -3.02. The van der Waals surface area contributed by atoms with Gasteiger partial charge in [-0.05, 0) is 62.1 Å². The van der Waals surface area contributed by atoms with Gasteiger partial charge in [-0.2, -0.15) is 0 Å². The molecule has 0 unspecified atom stereocenters. The molecule has 4 rings (SSSR count). The van der Waals surface area contributed by atoms with E-state index >= 15 is 0 Å². The topological polar surface area (TPSA) is 67.9 Å². The minimum Gasteiger partial charge on any atom is -0.484 e. The first-order valence-corrected chi connectivity index (χ1v) is 11.7. The summed E-state index contributed by atoms with van der Waals surface area (Å²) >= 11 is 0. The molecule has 0 spiro atoms. The van der Waals surface area contributed by atoms with Crippen molar-refractivity contribution >= 4 is 11.8 Å². The minimum atomic E-state index is -0.133. The zero-order chi connectivity index (χ0) is 22.2. The van der Waals surface area contributed by atoms with E-state index in [2.05, 4.69) is 5.32 Å². The number of likely N-dealkylation sites (tertiary alicyclic amines) is 1. The molecule has 2 aromatic rings. The predicted octanol–water partition coefficient (Wildman–Crippen LogP) is 4.55. The Morgan fingerprint density at radius 1 is 0.812 bits per heavy atom. The average Bonchev–Trinajstić information content (AvgIpc) is 2.85. The molecule has 0 aromatic heterocycles. The highest BCUT2D eigenvalue weighted by Crippen LogP contribution is 2.27. The Balaban J connectivity index is 1.16. The molecule has 170 valence electrons. The summed E-state index contributed by atoms with van der Waals surface area (Å²) in [4.78, 5) is 27.0. The van der Waals surface area contributed by atoms with E-state index in [-0.39, 0.29) is 24.5 Å². The molecule has 1 aliphatic carbocycles. The zero-order valence-corrected chi connectivity index (χ0v) is 18.5. The van der Waals surface area contributed by atoms with E-state index in [9.17, 15) is 9.59 Å². The molecule has 1 heterocycles. The lowest BCUT2D eigenvalue weighted by molar-refractivity contribution is -0.137. The van der Waals surface area contributed by atoms with Crippen LogP contribution in [0.25, 0.3) is 0 Å². The first-order valence-electron chi connectivity index (χ1n) is 11.7. The second-order valence-electron chi connectivity index (χ2n) is 8.68. The number of hydrogen-bond acceptors (Lipinski definition) is 4. The van der Waals surface area contributed by atoms with E-state index in [1.165, 1.54) is 19.3 Å². The smallest absolute Gasteiger partial charge is 0.258 e. The van der Waals surface area contributed by atoms with Crippen molar-refractivity contribution in [1.29, 1.82) is 0 Å². The van der Waals surface area contributed by atoms with Crippen LogP contribution in [-0.4, -0.2) is 42.5 Å². The number of piperidine rings is 1. The Bertz CT molecular complexity index is 870. The molecular weight excluding hydrogens is 404 g/mol. The van der Waals surface area contributed by atoms with Crippen molar-refractivity contribution in [3.05, 3.63) is 54.6 Å². The monoisotopic (exact) mass is 436 g/mol. The summed E-state index contributed by atoms with van der Waals surface area (Å²) in [5.41, 5.74) is 0. The van der Waals surface area contributed by atoms with Gasteiger partial charge in [0.25, 0.3) is 5.91 Å². The predicted molar refractivity (Wildman–Crippen MR) is 123 cm³/mol. The third-order valence-corrected chi connectivity index (χ3v) is 6.30. The fourth-order valence-corrected chi connectivity index (χ4v) is 4.50. The molecule has 0 radical (unpaired) electrons. The molecule has 0 atom stereocenters. The number of amides is 2. The van der Waals surface area contributed by atoms with Crippen LogP contribution in [0, 0.1) is 5.92 Å². The van der Waals surface area contributed by atoms with Crippen LogP contribution >= 0.6 is 0 Å². The summed E-state index contributed by atoms with van der Waals surface area (Å²) in [5, 5.41) is 3.05. The number of benzene rings is 2. The number of nitrogens with one attached hydrogen (secondary N) is 1. The number of carbonyl (C=O) groups is 2. The quantitative estimate of drug-likeness (QED) is 0.692. The third-order valence-electron chi connectivity index (χ3n) is 6.30. The third kappa shape index (κ3) is 6.25. The lowest BCUT2D eigenvalue weighted by Gasteiger charge is -2.35. The number of carbonyl (C=O) groups excluding carboxylic acids is 2. The van der Waals surface area contributed by atoms with Gasteiger partial charge in [0.2, 0.25) is 5.91 Å². The largest absolute Gasteiger partial charge is 0.484 e. The maximum atomic E-state index is 12.7. The van der Waals surface area contributed by atoms with Crippen molar-refractivity contribution in [2.75, 3.05) is 19.7 Å². The molecule has 1 aliphatic heterocycles. The van der Waals surface area contributed by atoms with Crippen LogP contribution in [-0.2, 0) is 9.59 Å². The molecule has 6 nitrogen and oxygen atoms in total. The number of ether oxygens (including phenoxy) is 2. The Labute approximate surface area is 189 Å². The van der Waals surface area contributed by atoms with Gasteiger partial charge in [0.1, 0.15) is 17.2 Å². The van der Waals surface area contributed by atoms with Crippen LogP contribution in [0.5, 0.6) is 17.2 Å². The standard InChI is InChI=1S/C26H32N2O4/c29-25(19-31-22-11-13-24(14-12-22)32-23-9-5-2-6-10-23)27-21-15-17-28(18-16-21)26(30)20-7-3-1-4-8-20/h2,5-6,9-14,20-21H,1,3-4,7-8,15-19H2,(H,27,29). The first kappa shape index (κ1) is 22.2. The highest BCUT2D eigenvalue weighted by molar-refractivity contribution is 5.79. The fourth-order valence-electron chi connectivity index (χ4n) is 4.50. The lowest BCUT2D eigenvalue weighted by atomic mass is 9.87. The maximum absolute atomic E-state index is 12.7. The summed E-state index contributed by atoms with van der Waals surface area (Å²) in [5.74, 6) is 2.50. The SMILES string of the molecule is O=C(COc1ccc(Oc2ccccc2)cc1)NC1CCN(C(=O)C2CCCCC2)CC1. The van der Waals surface area contributed by atoms with Gasteiger partial charge in [-0.1, -0.05) is 37.5 Å². The summed E-state index contributed by atoms with van der Waals surface area (Å²) < 4.78 is 11.4. The van der Waals surface area contributed by atoms with Crippen LogP contribution in [0.1, 0.15) is 44.9 Å². The van der Waals surface area contributed by atoms with Crippen LogP contribution in [0.2, 0.25) is 0 Å². The van der Waals surface area contributed by atoms with E-state index in [1.54, 1.807) is 12.1 Å². The van der Waals surface area contributed by atoms with Gasteiger partial charge in [0.05, 0.1) is 0 Å². The van der Waals surface area contributed by atoms with Crippen molar-refractivity contribution in [1.82, 2.24) is 10.2 Å². The Morgan fingerprint density at radius 3 is 2.12 bits per heavy atom. The van der Waals surface area contributed by atoms with Crippen LogP contribution in [0.3, 0.4) is 0 Å². The number of nitrogens with zero attached hydrogens (tertiary/aromatic N) is 1. The van der Waals surface area contributed by atoms with Gasteiger partial charge < -0.3 is 19.7 Å². The molecule has 6 heteroatoms. The van der Waals surface area contributed by atoms with Crippen LogP contribution in [0.15, 0.2) is 54.6 Å². The number of rotatable bonds is 7. The van der Waals surface area contributed by atoms with Gasteiger partial charge >= 0.3 is 0 Å². The van der Waals surface area contributed by atoms with Gasteiger partial charge in [0.15, 0.2) is 6.61 Å². The lowest BCUT2D eigenvalue weighted by Crippen LogP contribution is -2.49.